The largest absolute Gasteiger partial charge is 0.495 e. The Balaban J connectivity index is 1.70. The van der Waals surface area contributed by atoms with Crippen LogP contribution in [0.3, 0.4) is 0 Å². The van der Waals surface area contributed by atoms with E-state index in [1.807, 2.05) is 48.5 Å². The molecule has 2 N–H and O–H groups in total. The number of carbonyl (C=O) groups excluding carboxylic acids is 1. The highest BCUT2D eigenvalue weighted by Gasteiger charge is 2.03. The highest BCUT2D eigenvalue weighted by Crippen LogP contribution is 2.22. The van der Waals surface area contributed by atoms with Gasteiger partial charge in [-0.15, -0.1) is 0 Å². The van der Waals surface area contributed by atoms with Crippen LogP contribution in [0, 0.1) is 0 Å². The lowest BCUT2D eigenvalue weighted by Crippen LogP contribution is -2.26. The molecule has 0 heterocycles. The van der Waals surface area contributed by atoms with E-state index in [0.29, 0.717) is 5.75 Å². The molecule has 0 aliphatic carbocycles. The molecular weight excluding hydrogens is 354 g/mol. The molecule has 2 aromatic carbocycles. The van der Waals surface area contributed by atoms with E-state index in [9.17, 15) is 4.79 Å². The molecule has 2 aromatic rings. The summed E-state index contributed by atoms with van der Waals surface area (Å²) in [5, 5.41) is 7.01. The van der Waals surface area contributed by atoms with Gasteiger partial charge in [-0.1, -0.05) is 38.3 Å². The summed E-state index contributed by atoms with van der Waals surface area (Å²) in [4.78, 5) is 11.9. The molecule has 0 atom stereocenters. The summed E-state index contributed by atoms with van der Waals surface area (Å²) in [7, 11) is 1.59. The molecule has 0 saturated heterocycles. The van der Waals surface area contributed by atoms with E-state index in [1.165, 1.54) is 19.3 Å². The second kappa shape index (κ2) is 12.4. The molecule has 0 aliphatic rings. The molecule has 0 spiro atoms. The topological polar surface area (TPSA) is 72.0 Å². The van der Waals surface area contributed by atoms with Crippen LogP contribution in [0.4, 0.5) is 5.69 Å². The summed E-state index contributed by atoms with van der Waals surface area (Å²) >= 11 is 0. The summed E-state index contributed by atoms with van der Waals surface area (Å²) in [6, 6.07) is 15.1. The Morgan fingerprint density at radius 2 is 1.86 bits per heavy atom. The third kappa shape index (κ3) is 7.70. The minimum atomic E-state index is -0.241. The Morgan fingerprint density at radius 3 is 2.61 bits per heavy atom. The van der Waals surface area contributed by atoms with E-state index in [2.05, 4.69) is 22.8 Å². The summed E-state index contributed by atoms with van der Waals surface area (Å²) in [6.45, 7) is 3.03. The maximum atomic E-state index is 11.9. The molecule has 1 amide bonds. The molecule has 6 heteroatoms. The minimum Gasteiger partial charge on any atom is -0.495 e. The van der Waals surface area contributed by atoms with Crippen LogP contribution in [0.1, 0.15) is 38.2 Å². The van der Waals surface area contributed by atoms with Gasteiger partial charge in [0.25, 0.3) is 5.91 Å². The third-order valence-electron chi connectivity index (χ3n) is 4.10. The zero-order valence-corrected chi connectivity index (χ0v) is 16.6. The summed E-state index contributed by atoms with van der Waals surface area (Å²) in [5.41, 5.74) is 4.15. The van der Waals surface area contributed by atoms with Crippen LogP contribution in [0.2, 0.25) is 0 Å². The van der Waals surface area contributed by atoms with Gasteiger partial charge in [0.2, 0.25) is 0 Å². The second-order valence-corrected chi connectivity index (χ2v) is 6.33. The molecule has 0 aliphatic heterocycles. The van der Waals surface area contributed by atoms with Gasteiger partial charge in [0, 0.05) is 0 Å². The maximum Gasteiger partial charge on any atom is 0.259 e. The first-order valence-electron chi connectivity index (χ1n) is 9.64. The molecular formula is C22H29N3O3. The zero-order chi connectivity index (χ0) is 20.0. The fourth-order valence-electron chi connectivity index (χ4n) is 2.55. The molecule has 150 valence electrons. The molecule has 6 nitrogen and oxygen atoms in total. The lowest BCUT2D eigenvalue weighted by Gasteiger charge is -2.09. The Hall–Kier alpha value is -3.02. The molecule has 0 fully saturated rings. The van der Waals surface area contributed by atoms with Crippen molar-refractivity contribution in [3.8, 4) is 11.5 Å². The summed E-state index contributed by atoms with van der Waals surface area (Å²) < 4.78 is 10.9. The third-order valence-corrected chi connectivity index (χ3v) is 4.10. The standard InChI is InChI=1S/C22H29N3O3/c1-3-4-5-8-15-28-19-13-11-18(12-14-19)16-24-25-22(26)17-23-20-9-6-7-10-21(20)27-2/h6-7,9-14,16,23H,3-5,8,15,17H2,1-2H3,(H,25,26)/b24-16-. The maximum absolute atomic E-state index is 11.9. The highest BCUT2D eigenvalue weighted by atomic mass is 16.5. The first-order valence-corrected chi connectivity index (χ1v) is 9.64. The van der Waals surface area contributed by atoms with Gasteiger partial charge < -0.3 is 14.8 Å². The number of hydrogen-bond donors (Lipinski definition) is 2. The van der Waals surface area contributed by atoms with Crippen molar-refractivity contribution >= 4 is 17.8 Å². The van der Waals surface area contributed by atoms with Gasteiger partial charge in [0.15, 0.2) is 0 Å². The van der Waals surface area contributed by atoms with Crippen LogP contribution in [-0.2, 0) is 4.79 Å². The van der Waals surface area contributed by atoms with E-state index in [4.69, 9.17) is 9.47 Å². The Labute approximate surface area is 166 Å². The number of para-hydroxylation sites is 2. The summed E-state index contributed by atoms with van der Waals surface area (Å²) in [6.07, 6.45) is 6.35. The lowest BCUT2D eigenvalue weighted by atomic mass is 10.2. The van der Waals surface area contributed by atoms with Crippen molar-refractivity contribution in [2.75, 3.05) is 25.6 Å². The van der Waals surface area contributed by atoms with Crippen molar-refractivity contribution in [3.05, 3.63) is 54.1 Å². The number of benzene rings is 2. The van der Waals surface area contributed by atoms with Gasteiger partial charge in [-0.3, -0.25) is 4.79 Å². The zero-order valence-electron chi connectivity index (χ0n) is 16.6. The van der Waals surface area contributed by atoms with E-state index in [1.54, 1.807) is 13.3 Å². The van der Waals surface area contributed by atoms with Crippen LogP contribution in [-0.4, -0.2) is 32.4 Å². The van der Waals surface area contributed by atoms with Crippen molar-refractivity contribution < 1.29 is 14.3 Å². The number of unbranched alkanes of at least 4 members (excludes halogenated alkanes) is 3. The SMILES string of the molecule is CCCCCCOc1ccc(/C=N\NC(=O)CNc2ccccc2OC)cc1. The highest BCUT2D eigenvalue weighted by molar-refractivity contribution is 5.84. The number of ether oxygens (including phenoxy) is 2. The molecule has 0 unspecified atom stereocenters. The number of hydrogen-bond acceptors (Lipinski definition) is 5. The number of methoxy groups -OCH3 is 1. The Kier molecular flexibility index (Phi) is 9.41. The first kappa shape index (κ1) is 21.3. The number of anilines is 1. The van der Waals surface area contributed by atoms with Crippen LogP contribution in [0.15, 0.2) is 53.6 Å². The quantitative estimate of drug-likeness (QED) is 0.327. The van der Waals surface area contributed by atoms with Gasteiger partial charge in [-0.05, 0) is 48.4 Å². The average molecular weight is 383 g/mol. The van der Waals surface area contributed by atoms with Crippen molar-refractivity contribution in [1.29, 1.82) is 0 Å². The van der Waals surface area contributed by atoms with Crippen LogP contribution >= 0.6 is 0 Å². The first-order chi connectivity index (χ1) is 13.7. The second-order valence-electron chi connectivity index (χ2n) is 6.33. The Bertz CT molecular complexity index is 745. The van der Waals surface area contributed by atoms with Crippen LogP contribution in [0.25, 0.3) is 0 Å². The smallest absolute Gasteiger partial charge is 0.259 e. The molecule has 0 radical (unpaired) electrons. The predicted molar refractivity (Wildman–Crippen MR) is 113 cm³/mol. The number of amides is 1. The van der Waals surface area contributed by atoms with Crippen LogP contribution < -0.4 is 20.2 Å². The number of nitrogens with one attached hydrogen (secondary N) is 2. The van der Waals surface area contributed by atoms with Crippen molar-refractivity contribution in [2.45, 2.75) is 32.6 Å². The molecule has 0 bridgehead atoms. The monoisotopic (exact) mass is 383 g/mol. The van der Waals surface area contributed by atoms with Gasteiger partial charge >= 0.3 is 0 Å². The molecule has 0 aromatic heterocycles. The van der Waals surface area contributed by atoms with Gasteiger partial charge in [0.1, 0.15) is 11.5 Å². The van der Waals surface area contributed by atoms with E-state index < -0.39 is 0 Å². The average Bonchev–Trinajstić information content (AvgIpc) is 2.73. The number of carbonyl (C=O) groups is 1. The van der Waals surface area contributed by atoms with Crippen molar-refractivity contribution in [3.63, 3.8) is 0 Å². The number of nitrogens with zero attached hydrogens (tertiary/aromatic N) is 1. The normalized spacial score (nSPS) is 10.6. The lowest BCUT2D eigenvalue weighted by molar-refractivity contribution is -0.119. The molecule has 28 heavy (non-hydrogen) atoms. The Morgan fingerprint density at radius 1 is 1.07 bits per heavy atom. The number of hydrazone groups is 1. The fourth-order valence-corrected chi connectivity index (χ4v) is 2.55. The van der Waals surface area contributed by atoms with Gasteiger partial charge in [-0.2, -0.15) is 5.10 Å². The molecule has 2 rings (SSSR count). The van der Waals surface area contributed by atoms with Crippen molar-refractivity contribution in [2.24, 2.45) is 5.10 Å². The molecule has 0 saturated carbocycles. The summed E-state index contributed by atoms with van der Waals surface area (Å²) in [5.74, 6) is 1.29. The van der Waals surface area contributed by atoms with Gasteiger partial charge in [-0.25, -0.2) is 5.43 Å². The van der Waals surface area contributed by atoms with Gasteiger partial charge in [0.05, 0.1) is 32.2 Å². The van der Waals surface area contributed by atoms with Crippen molar-refractivity contribution in [1.82, 2.24) is 5.43 Å². The minimum absolute atomic E-state index is 0.0997. The number of rotatable bonds is 12. The van der Waals surface area contributed by atoms with E-state index in [-0.39, 0.29) is 12.5 Å². The van der Waals surface area contributed by atoms with E-state index >= 15 is 0 Å². The van der Waals surface area contributed by atoms with Crippen LogP contribution in [0.5, 0.6) is 11.5 Å². The fraction of sp³-hybridized carbons (Fsp3) is 0.364. The van der Waals surface area contributed by atoms with E-state index in [0.717, 1.165) is 30.0 Å². The predicted octanol–water partition coefficient (Wildman–Crippen LogP) is 4.22.